The number of thioether (sulfide) groups is 1. The van der Waals surface area contributed by atoms with E-state index in [1.54, 1.807) is 23.9 Å². The Morgan fingerprint density at radius 2 is 1.58 bits per heavy atom. The van der Waals surface area contributed by atoms with Crippen molar-refractivity contribution in [3.05, 3.63) is 64.7 Å². The first kappa shape index (κ1) is 17.9. The summed E-state index contributed by atoms with van der Waals surface area (Å²) < 4.78 is 0. The lowest BCUT2D eigenvalue weighted by Gasteiger charge is -2.27. The summed E-state index contributed by atoms with van der Waals surface area (Å²) in [6.45, 7) is 3.77. The molecule has 0 spiro atoms. The average Bonchev–Trinajstić information content (AvgIpc) is 2.58. The van der Waals surface area contributed by atoms with Crippen molar-refractivity contribution in [1.29, 1.82) is 0 Å². The molecule has 1 aliphatic rings. The molecule has 0 unspecified atom stereocenters. The quantitative estimate of drug-likeness (QED) is 0.511. The van der Waals surface area contributed by atoms with Gasteiger partial charge >= 0.3 is 6.03 Å². The number of amides is 4. The highest BCUT2D eigenvalue weighted by Crippen LogP contribution is 2.24. The van der Waals surface area contributed by atoms with E-state index in [0.29, 0.717) is 5.69 Å². The SMILES string of the molecule is CSc1ccc(/C=C2\C(=O)NC(=O)N(c3cc(C)cc(C)c3)C2=O)cc1. The van der Waals surface area contributed by atoms with Gasteiger partial charge in [0.05, 0.1) is 5.69 Å². The molecule has 0 saturated carbocycles. The second-order valence-corrected chi connectivity index (χ2v) is 6.96. The molecule has 6 heteroatoms. The maximum absolute atomic E-state index is 12.9. The summed E-state index contributed by atoms with van der Waals surface area (Å²) in [4.78, 5) is 39.4. The Hall–Kier alpha value is -2.86. The van der Waals surface area contributed by atoms with Gasteiger partial charge in [-0.1, -0.05) is 18.2 Å². The molecule has 0 bridgehead atoms. The van der Waals surface area contributed by atoms with Gasteiger partial charge in [-0.15, -0.1) is 11.8 Å². The van der Waals surface area contributed by atoms with Crippen LogP contribution in [-0.4, -0.2) is 24.1 Å². The van der Waals surface area contributed by atoms with Crippen LogP contribution in [0.3, 0.4) is 0 Å². The molecule has 0 radical (unpaired) electrons. The number of barbiturate groups is 1. The largest absolute Gasteiger partial charge is 0.335 e. The van der Waals surface area contributed by atoms with Crippen LogP contribution < -0.4 is 10.2 Å². The predicted molar refractivity (Wildman–Crippen MR) is 103 cm³/mol. The average molecular weight is 366 g/mol. The van der Waals surface area contributed by atoms with Gasteiger partial charge in [-0.2, -0.15) is 0 Å². The van der Waals surface area contributed by atoms with Crippen LogP contribution in [0.1, 0.15) is 16.7 Å². The van der Waals surface area contributed by atoms with Gasteiger partial charge in [-0.05, 0) is 67.1 Å². The first-order valence-corrected chi connectivity index (χ1v) is 9.25. The first-order valence-electron chi connectivity index (χ1n) is 8.03. The Kier molecular flexibility index (Phi) is 4.95. The van der Waals surface area contributed by atoms with Crippen molar-refractivity contribution in [2.24, 2.45) is 0 Å². The number of imide groups is 2. The lowest BCUT2D eigenvalue weighted by atomic mass is 10.1. The van der Waals surface area contributed by atoms with Crippen LogP contribution in [0.2, 0.25) is 0 Å². The third kappa shape index (κ3) is 3.55. The summed E-state index contributed by atoms with van der Waals surface area (Å²) in [5.74, 6) is -1.31. The predicted octanol–water partition coefficient (Wildman–Crippen LogP) is 3.69. The topological polar surface area (TPSA) is 66.5 Å². The molecule has 0 atom stereocenters. The number of benzene rings is 2. The second kappa shape index (κ2) is 7.17. The number of hydrogen-bond donors (Lipinski definition) is 1. The Labute approximate surface area is 156 Å². The summed E-state index contributed by atoms with van der Waals surface area (Å²) in [6.07, 6.45) is 3.47. The smallest absolute Gasteiger partial charge is 0.273 e. The maximum Gasteiger partial charge on any atom is 0.335 e. The van der Waals surface area contributed by atoms with Crippen molar-refractivity contribution in [1.82, 2.24) is 5.32 Å². The minimum absolute atomic E-state index is 0.0688. The van der Waals surface area contributed by atoms with Gasteiger partial charge in [0.1, 0.15) is 5.57 Å². The van der Waals surface area contributed by atoms with Crippen molar-refractivity contribution in [2.75, 3.05) is 11.2 Å². The lowest BCUT2D eigenvalue weighted by molar-refractivity contribution is -0.122. The Morgan fingerprint density at radius 3 is 2.15 bits per heavy atom. The number of anilines is 1. The van der Waals surface area contributed by atoms with E-state index in [0.717, 1.165) is 26.5 Å². The fraction of sp³-hybridized carbons (Fsp3) is 0.150. The molecule has 3 rings (SSSR count). The van der Waals surface area contributed by atoms with Gasteiger partial charge in [0.2, 0.25) is 0 Å². The van der Waals surface area contributed by atoms with Crippen LogP contribution in [0.15, 0.2) is 52.9 Å². The molecule has 26 heavy (non-hydrogen) atoms. The molecule has 1 heterocycles. The number of rotatable bonds is 3. The number of hydrogen-bond acceptors (Lipinski definition) is 4. The van der Waals surface area contributed by atoms with Crippen LogP contribution in [0.25, 0.3) is 6.08 Å². The molecule has 1 fully saturated rings. The minimum Gasteiger partial charge on any atom is -0.273 e. The summed E-state index contributed by atoms with van der Waals surface area (Å²) in [5.41, 5.74) is 2.95. The van der Waals surface area contributed by atoms with Crippen molar-refractivity contribution < 1.29 is 14.4 Å². The highest BCUT2D eigenvalue weighted by molar-refractivity contribution is 7.98. The number of carbonyl (C=O) groups is 3. The summed E-state index contributed by atoms with van der Waals surface area (Å²) in [6, 6.07) is 12.2. The molecule has 132 valence electrons. The molecular formula is C20H18N2O3S. The van der Waals surface area contributed by atoms with Gasteiger partial charge in [0.15, 0.2) is 0 Å². The molecule has 1 aliphatic heterocycles. The Morgan fingerprint density at radius 1 is 0.962 bits per heavy atom. The first-order chi connectivity index (χ1) is 12.4. The molecule has 0 aliphatic carbocycles. The van der Waals surface area contributed by atoms with Crippen LogP contribution in [-0.2, 0) is 9.59 Å². The number of nitrogens with zero attached hydrogens (tertiary/aromatic N) is 1. The Bertz CT molecular complexity index is 912. The summed E-state index contributed by atoms with van der Waals surface area (Å²) in [7, 11) is 0. The van der Waals surface area contributed by atoms with E-state index in [1.165, 1.54) is 6.08 Å². The fourth-order valence-electron chi connectivity index (χ4n) is 2.84. The standard InChI is InChI=1S/C20H18N2O3S/c1-12-8-13(2)10-15(9-12)22-19(24)17(18(23)21-20(22)25)11-14-4-6-16(26-3)7-5-14/h4-11H,1-3H3,(H,21,23,25)/b17-11+. The zero-order chi connectivity index (χ0) is 18.8. The van der Waals surface area contributed by atoms with E-state index in [1.807, 2.05) is 50.4 Å². The van der Waals surface area contributed by atoms with E-state index in [2.05, 4.69) is 5.32 Å². The van der Waals surface area contributed by atoms with Crippen LogP contribution in [0.5, 0.6) is 0 Å². The van der Waals surface area contributed by atoms with Crippen molar-refractivity contribution in [2.45, 2.75) is 18.7 Å². The Balaban J connectivity index is 2.00. The summed E-state index contributed by atoms with van der Waals surface area (Å²) >= 11 is 1.61. The highest BCUT2D eigenvalue weighted by atomic mass is 32.2. The van der Waals surface area contributed by atoms with E-state index in [-0.39, 0.29) is 5.57 Å². The monoisotopic (exact) mass is 366 g/mol. The van der Waals surface area contributed by atoms with Gasteiger partial charge in [0, 0.05) is 4.90 Å². The third-order valence-electron chi connectivity index (χ3n) is 3.99. The van der Waals surface area contributed by atoms with Crippen LogP contribution in [0, 0.1) is 13.8 Å². The van der Waals surface area contributed by atoms with E-state index in [4.69, 9.17) is 0 Å². The van der Waals surface area contributed by atoms with Gasteiger partial charge in [-0.3, -0.25) is 14.9 Å². The molecule has 5 nitrogen and oxygen atoms in total. The normalized spacial score (nSPS) is 16.2. The number of carbonyl (C=O) groups excluding carboxylic acids is 3. The highest BCUT2D eigenvalue weighted by Gasteiger charge is 2.36. The van der Waals surface area contributed by atoms with Crippen molar-refractivity contribution in [3.63, 3.8) is 0 Å². The van der Waals surface area contributed by atoms with E-state index >= 15 is 0 Å². The van der Waals surface area contributed by atoms with E-state index < -0.39 is 17.8 Å². The maximum atomic E-state index is 12.9. The number of aryl methyl sites for hydroxylation is 2. The second-order valence-electron chi connectivity index (χ2n) is 6.08. The molecule has 4 amide bonds. The molecular weight excluding hydrogens is 348 g/mol. The van der Waals surface area contributed by atoms with E-state index in [9.17, 15) is 14.4 Å². The summed E-state index contributed by atoms with van der Waals surface area (Å²) in [5, 5.41) is 2.24. The molecule has 0 aromatic heterocycles. The zero-order valence-corrected chi connectivity index (χ0v) is 15.5. The molecule has 2 aromatic rings. The molecule has 1 saturated heterocycles. The molecule has 1 N–H and O–H groups in total. The zero-order valence-electron chi connectivity index (χ0n) is 14.7. The minimum atomic E-state index is -0.736. The fourth-order valence-corrected chi connectivity index (χ4v) is 3.25. The van der Waals surface area contributed by atoms with Crippen molar-refractivity contribution in [3.8, 4) is 0 Å². The van der Waals surface area contributed by atoms with Gasteiger partial charge in [0.25, 0.3) is 11.8 Å². The van der Waals surface area contributed by atoms with Crippen LogP contribution in [0.4, 0.5) is 10.5 Å². The number of nitrogens with one attached hydrogen (secondary N) is 1. The lowest BCUT2D eigenvalue weighted by Crippen LogP contribution is -2.54. The van der Waals surface area contributed by atoms with Crippen molar-refractivity contribution >= 4 is 41.4 Å². The number of urea groups is 1. The molecule has 2 aromatic carbocycles. The third-order valence-corrected chi connectivity index (χ3v) is 4.74. The van der Waals surface area contributed by atoms with Crippen LogP contribution >= 0.6 is 11.8 Å². The van der Waals surface area contributed by atoms with Gasteiger partial charge in [-0.25, -0.2) is 9.69 Å². The van der Waals surface area contributed by atoms with Gasteiger partial charge < -0.3 is 0 Å².